The average Bonchev–Trinajstić information content (AvgIpc) is 2.88. The first kappa shape index (κ1) is 12.0. The molecule has 2 N–H and O–H groups in total. The molecule has 2 heterocycles. The summed E-state index contributed by atoms with van der Waals surface area (Å²) in [4.78, 5) is 15.8. The molecule has 1 aliphatic heterocycles. The van der Waals surface area contributed by atoms with Crippen molar-refractivity contribution in [3.05, 3.63) is 30.1 Å². The van der Waals surface area contributed by atoms with Crippen molar-refractivity contribution in [3.8, 4) is 0 Å². The summed E-state index contributed by atoms with van der Waals surface area (Å²) >= 11 is 0. The molecule has 4 heteroatoms. The van der Waals surface area contributed by atoms with Crippen LogP contribution in [0.1, 0.15) is 25.0 Å². The summed E-state index contributed by atoms with van der Waals surface area (Å²) < 4.78 is 0. The highest BCUT2D eigenvalue weighted by atomic mass is 16.1. The van der Waals surface area contributed by atoms with Gasteiger partial charge in [0.05, 0.1) is 0 Å². The average molecular weight is 233 g/mol. The summed E-state index contributed by atoms with van der Waals surface area (Å²) in [5.41, 5.74) is 0.974. The van der Waals surface area contributed by atoms with E-state index < -0.39 is 0 Å². The van der Waals surface area contributed by atoms with Crippen LogP contribution in [-0.4, -0.2) is 30.0 Å². The Kier molecular flexibility index (Phi) is 4.50. The standard InChI is InChI=1S/C13H19N3O/c17-13(16-10-12-5-3-9-15-12)7-6-11-4-1-2-8-14-11/h1-2,4,8,12,15H,3,5-7,9-10H2,(H,16,17). The smallest absolute Gasteiger partial charge is 0.220 e. The van der Waals surface area contributed by atoms with E-state index in [0.29, 0.717) is 18.9 Å². The molecule has 0 bridgehead atoms. The molecule has 1 unspecified atom stereocenters. The largest absolute Gasteiger partial charge is 0.355 e. The number of amides is 1. The number of nitrogens with zero attached hydrogens (tertiary/aromatic N) is 1. The zero-order chi connectivity index (χ0) is 11.9. The van der Waals surface area contributed by atoms with Crippen LogP contribution in [0.5, 0.6) is 0 Å². The summed E-state index contributed by atoms with van der Waals surface area (Å²) in [7, 11) is 0. The highest BCUT2D eigenvalue weighted by Gasteiger charge is 2.14. The third-order valence-corrected chi connectivity index (χ3v) is 3.04. The van der Waals surface area contributed by atoms with E-state index in [4.69, 9.17) is 0 Å². The predicted molar refractivity (Wildman–Crippen MR) is 66.6 cm³/mol. The third-order valence-electron chi connectivity index (χ3n) is 3.04. The maximum Gasteiger partial charge on any atom is 0.220 e. The van der Waals surface area contributed by atoms with Crippen LogP contribution in [0.15, 0.2) is 24.4 Å². The van der Waals surface area contributed by atoms with Gasteiger partial charge in [0.2, 0.25) is 5.91 Å². The van der Waals surface area contributed by atoms with Gasteiger partial charge in [-0.25, -0.2) is 0 Å². The number of carbonyl (C=O) groups excluding carboxylic acids is 1. The molecule has 1 aromatic heterocycles. The molecular weight excluding hydrogens is 214 g/mol. The highest BCUT2D eigenvalue weighted by molar-refractivity contribution is 5.76. The number of rotatable bonds is 5. The van der Waals surface area contributed by atoms with Gasteiger partial charge in [-0.2, -0.15) is 0 Å². The van der Waals surface area contributed by atoms with Crippen LogP contribution in [0.2, 0.25) is 0 Å². The SMILES string of the molecule is O=C(CCc1ccccn1)NCC1CCCN1. The number of aromatic nitrogens is 1. The van der Waals surface area contributed by atoms with Gasteiger partial charge >= 0.3 is 0 Å². The van der Waals surface area contributed by atoms with Gasteiger partial charge in [0.15, 0.2) is 0 Å². The minimum absolute atomic E-state index is 0.115. The zero-order valence-corrected chi connectivity index (χ0v) is 9.98. The Morgan fingerprint density at radius 1 is 1.53 bits per heavy atom. The predicted octanol–water partition coefficient (Wildman–Crippen LogP) is 0.882. The van der Waals surface area contributed by atoms with Crippen molar-refractivity contribution in [2.75, 3.05) is 13.1 Å². The van der Waals surface area contributed by atoms with E-state index in [0.717, 1.165) is 18.8 Å². The Morgan fingerprint density at radius 3 is 3.18 bits per heavy atom. The lowest BCUT2D eigenvalue weighted by Gasteiger charge is -2.11. The second-order valence-corrected chi connectivity index (χ2v) is 4.42. The molecule has 4 nitrogen and oxygen atoms in total. The normalized spacial score (nSPS) is 19.2. The maximum atomic E-state index is 11.6. The number of carbonyl (C=O) groups is 1. The van der Waals surface area contributed by atoms with Crippen LogP contribution in [0, 0.1) is 0 Å². The Balaban J connectivity index is 1.64. The van der Waals surface area contributed by atoms with E-state index >= 15 is 0 Å². The quantitative estimate of drug-likeness (QED) is 0.794. The van der Waals surface area contributed by atoms with Gasteiger partial charge in [0, 0.05) is 30.9 Å². The fourth-order valence-corrected chi connectivity index (χ4v) is 2.04. The van der Waals surface area contributed by atoms with Crippen molar-refractivity contribution in [1.29, 1.82) is 0 Å². The lowest BCUT2D eigenvalue weighted by atomic mass is 10.2. The fourth-order valence-electron chi connectivity index (χ4n) is 2.04. The zero-order valence-electron chi connectivity index (χ0n) is 9.98. The Morgan fingerprint density at radius 2 is 2.47 bits per heavy atom. The monoisotopic (exact) mass is 233 g/mol. The van der Waals surface area contributed by atoms with Crippen LogP contribution >= 0.6 is 0 Å². The Labute approximate surface area is 102 Å². The summed E-state index contributed by atoms with van der Waals surface area (Å²) in [5.74, 6) is 0.115. The second kappa shape index (κ2) is 6.35. The maximum absolute atomic E-state index is 11.6. The fraction of sp³-hybridized carbons (Fsp3) is 0.538. The van der Waals surface area contributed by atoms with Crippen LogP contribution in [-0.2, 0) is 11.2 Å². The third kappa shape index (κ3) is 4.15. The molecule has 0 aromatic carbocycles. The molecule has 0 spiro atoms. The lowest BCUT2D eigenvalue weighted by Crippen LogP contribution is -2.37. The molecule has 0 saturated carbocycles. The van der Waals surface area contributed by atoms with Crippen LogP contribution in [0.3, 0.4) is 0 Å². The number of hydrogen-bond donors (Lipinski definition) is 2. The van der Waals surface area contributed by atoms with Gasteiger partial charge in [0.25, 0.3) is 0 Å². The molecule has 1 aliphatic rings. The number of pyridine rings is 1. The molecule has 1 fully saturated rings. The molecule has 1 amide bonds. The first-order valence-electron chi connectivity index (χ1n) is 6.24. The summed E-state index contributed by atoms with van der Waals surface area (Å²) in [6.07, 6.45) is 5.37. The topological polar surface area (TPSA) is 54.0 Å². The van der Waals surface area contributed by atoms with Gasteiger partial charge < -0.3 is 10.6 Å². The van der Waals surface area contributed by atoms with E-state index in [9.17, 15) is 4.79 Å². The van der Waals surface area contributed by atoms with Gasteiger partial charge in [-0.3, -0.25) is 9.78 Å². The number of aryl methyl sites for hydroxylation is 1. The van der Waals surface area contributed by atoms with Gasteiger partial charge in [0.1, 0.15) is 0 Å². The van der Waals surface area contributed by atoms with Crippen molar-refractivity contribution in [2.24, 2.45) is 0 Å². The molecule has 17 heavy (non-hydrogen) atoms. The first-order chi connectivity index (χ1) is 8.34. The number of nitrogens with one attached hydrogen (secondary N) is 2. The van der Waals surface area contributed by atoms with E-state index in [1.807, 2.05) is 18.2 Å². The first-order valence-corrected chi connectivity index (χ1v) is 6.24. The molecule has 0 aliphatic carbocycles. The lowest BCUT2D eigenvalue weighted by molar-refractivity contribution is -0.121. The summed E-state index contributed by atoms with van der Waals surface area (Å²) in [5, 5.41) is 6.32. The molecule has 1 saturated heterocycles. The van der Waals surface area contributed by atoms with Crippen molar-refractivity contribution in [2.45, 2.75) is 31.7 Å². The minimum Gasteiger partial charge on any atom is -0.355 e. The van der Waals surface area contributed by atoms with Crippen LogP contribution in [0.25, 0.3) is 0 Å². The van der Waals surface area contributed by atoms with E-state index in [1.165, 1.54) is 12.8 Å². The molecule has 1 atom stereocenters. The molecule has 2 rings (SSSR count). The van der Waals surface area contributed by atoms with Gasteiger partial charge in [-0.05, 0) is 37.9 Å². The van der Waals surface area contributed by atoms with E-state index in [1.54, 1.807) is 6.20 Å². The van der Waals surface area contributed by atoms with Gasteiger partial charge in [-0.1, -0.05) is 6.07 Å². The molecule has 0 radical (unpaired) electrons. The van der Waals surface area contributed by atoms with Crippen molar-refractivity contribution < 1.29 is 4.79 Å². The summed E-state index contributed by atoms with van der Waals surface area (Å²) in [6, 6.07) is 6.25. The van der Waals surface area contributed by atoms with Gasteiger partial charge in [-0.15, -0.1) is 0 Å². The van der Waals surface area contributed by atoms with Crippen molar-refractivity contribution >= 4 is 5.91 Å². The minimum atomic E-state index is 0.115. The molecular formula is C13H19N3O. The van der Waals surface area contributed by atoms with E-state index in [2.05, 4.69) is 15.6 Å². The highest BCUT2D eigenvalue weighted by Crippen LogP contribution is 2.03. The Bertz CT molecular complexity index is 347. The van der Waals surface area contributed by atoms with Crippen molar-refractivity contribution in [3.63, 3.8) is 0 Å². The van der Waals surface area contributed by atoms with Crippen molar-refractivity contribution in [1.82, 2.24) is 15.6 Å². The molecule has 1 aromatic rings. The summed E-state index contributed by atoms with van der Waals surface area (Å²) in [6.45, 7) is 1.83. The van der Waals surface area contributed by atoms with Crippen LogP contribution in [0.4, 0.5) is 0 Å². The number of hydrogen-bond acceptors (Lipinski definition) is 3. The molecule has 92 valence electrons. The second-order valence-electron chi connectivity index (χ2n) is 4.42. The Hall–Kier alpha value is -1.42. The van der Waals surface area contributed by atoms with E-state index in [-0.39, 0.29) is 5.91 Å². The van der Waals surface area contributed by atoms with Crippen LogP contribution < -0.4 is 10.6 Å².